The summed E-state index contributed by atoms with van der Waals surface area (Å²) in [5, 5.41) is 7.29. The molecule has 11 aromatic carbocycles. The Hall–Kier alpha value is -9.30. The molecule has 12 aromatic rings. The number of aromatic nitrogens is 3. The van der Waals surface area contributed by atoms with Crippen molar-refractivity contribution in [2.75, 3.05) is 0 Å². The van der Waals surface area contributed by atoms with E-state index < -0.39 is 0 Å². The highest BCUT2D eigenvalue weighted by Crippen LogP contribution is 2.49. The Labute approximate surface area is 394 Å². The Morgan fingerprint density at radius 3 is 1.47 bits per heavy atom. The third-order valence-electron chi connectivity index (χ3n) is 13.4. The third-order valence-corrected chi connectivity index (χ3v) is 13.4. The zero-order valence-corrected chi connectivity index (χ0v) is 36.7. The van der Waals surface area contributed by atoms with E-state index >= 15 is 0 Å². The molecule has 13 rings (SSSR count). The molecule has 68 heavy (non-hydrogen) atoms. The highest BCUT2D eigenvalue weighted by atomic mass is 15.0. The molecule has 0 N–H and O–H groups in total. The molecular formula is C64H38N4. The van der Waals surface area contributed by atoms with E-state index in [9.17, 15) is 0 Å². The van der Waals surface area contributed by atoms with E-state index in [0.717, 1.165) is 61.0 Å². The predicted octanol–water partition coefficient (Wildman–Crippen LogP) is 17.2. The topological polar surface area (TPSA) is 43.0 Å². The van der Waals surface area contributed by atoms with Gasteiger partial charge in [-0.1, -0.05) is 188 Å². The Balaban J connectivity index is 0.873. The van der Waals surface area contributed by atoms with Gasteiger partial charge < -0.3 is 0 Å². The van der Waals surface area contributed by atoms with Gasteiger partial charge in [-0.25, -0.2) is 19.8 Å². The van der Waals surface area contributed by atoms with Crippen LogP contribution in [-0.2, 0) is 0 Å². The van der Waals surface area contributed by atoms with Crippen molar-refractivity contribution in [3.8, 4) is 101 Å². The van der Waals surface area contributed by atoms with Gasteiger partial charge >= 0.3 is 0 Å². The fourth-order valence-corrected chi connectivity index (χ4v) is 10.2. The monoisotopic (exact) mass is 862 g/mol. The van der Waals surface area contributed by atoms with Gasteiger partial charge in [-0.3, -0.25) is 0 Å². The second-order valence-electron chi connectivity index (χ2n) is 17.4. The van der Waals surface area contributed by atoms with Gasteiger partial charge in [0.1, 0.15) is 0 Å². The third kappa shape index (κ3) is 6.65. The molecule has 0 amide bonds. The Kier molecular flexibility index (Phi) is 9.20. The van der Waals surface area contributed by atoms with Crippen molar-refractivity contribution in [2.24, 2.45) is 0 Å². The molecule has 1 aromatic heterocycles. The van der Waals surface area contributed by atoms with Crippen LogP contribution in [0, 0.1) is 6.57 Å². The molecular weight excluding hydrogens is 825 g/mol. The van der Waals surface area contributed by atoms with Crippen molar-refractivity contribution in [2.45, 2.75) is 0 Å². The summed E-state index contributed by atoms with van der Waals surface area (Å²) >= 11 is 0. The lowest BCUT2D eigenvalue weighted by Crippen LogP contribution is -2.00. The van der Waals surface area contributed by atoms with Crippen LogP contribution in [0.4, 0.5) is 5.69 Å². The number of nitrogens with zero attached hydrogens (tertiary/aromatic N) is 4. The maximum absolute atomic E-state index is 8.11. The lowest BCUT2D eigenvalue weighted by molar-refractivity contribution is 1.08. The lowest BCUT2D eigenvalue weighted by atomic mass is 9.92. The largest absolute Gasteiger partial charge is 0.238 e. The maximum atomic E-state index is 8.11. The first-order chi connectivity index (χ1) is 33.6. The quantitative estimate of drug-likeness (QED) is 0.118. The zero-order chi connectivity index (χ0) is 45.1. The molecule has 1 heterocycles. The second kappa shape index (κ2) is 16.0. The van der Waals surface area contributed by atoms with Crippen LogP contribution in [0.15, 0.2) is 231 Å². The molecule has 0 aliphatic heterocycles. The van der Waals surface area contributed by atoms with Crippen LogP contribution in [0.1, 0.15) is 0 Å². The molecule has 0 radical (unpaired) electrons. The molecule has 0 atom stereocenters. The minimum Gasteiger partial charge on any atom is -0.238 e. The smallest absolute Gasteiger partial charge is 0.188 e. The van der Waals surface area contributed by atoms with Crippen LogP contribution in [0.25, 0.3) is 138 Å². The summed E-state index contributed by atoms with van der Waals surface area (Å²) < 4.78 is 0. The fourth-order valence-electron chi connectivity index (χ4n) is 10.2. The lowest BCUT2D eigenvalue weighted by Gasteiger charge is -2.13. The van der Waals surface area contributed by atoms with Crippen LogP contribution in [0.5, 0.6) is 0 Å². The molecule has 314 valence electrons. The maximum Gasteiger partial charge on any atom is 0.188 e. The summed E-state index contributed by atoms with van der Waals surface area (Å²) in [5.74, 6) is 1.86. The van der Waals surface area contributed by atoms with E-state index in [1.807, 2.05) is 42.5 Å². The van der Waals surface area contributed by atoms with Gasteiger partial charge in [0, 0.05) is 16.7 Å². The van der Waals surface area contributed by atoms with Crippen LogP contribution in [0.3, 0.4) is 0 Å². The van der Waals surface area contributed by atoms with E-state index in [2.05, 4.69) is 193 Å². The van der Waals surface area contributed by atoms with Crippen molar-refractivity contribution in [3.63, 3.8) is 0 Å². The van der Waals surface area contributed by atoms with E-state index in [1.54, 1.807) is 0 Å². The average Bonchev–Trinajstić information content (AvgIpc) is 3.75. The molecule has 1 aliphatic rings. The molecule has 0 saturated heterocycles. The van der Waals surface area contributed by atoms with E-state index in [0.29, 0.717) is 23.2 Å². The number of rotatable bonds is 7. The zero-order valence-electron chi connectivity index (χ0n) is 36.7. The molecule has 0 saturated carbocycles. The summed E-state index contributed by atoms with van der Waals surface area (Å²) in [6.45, 7) is 8.11. The summed E-state index contributed by atoms with van der Waals surface area (Å²) in [5.41, 5.74) is 16.8. The van der Waals surface area contributed by atoms with Crippen LogP contribution < -0.4 is 0 Å². The first kappa shape index (κ1) is 39.1. The predicted molar refractivity (Wildman–Crippen MR) is 281 cm³/mol. The highest BCUT2D eigenvalue weighted by Gasteiger charge is 2.24. The molecule has 4 heteroatoms. The van der Waals surface area contributed by atoms with Gasteiger partial charge in [-0.15, -0.1) is 0 Å². The van der Waals surface area contributed by atoms with Crippen molar-refractivity contribution in [1.29, 1.82) is 0 Å². The molecule has 0 bridgehead atoms. The van der Waals surface area contributed by atoms with Crippen LogP contribution >= 0.6 is 0 Å². The summed E-state index contributed by atoms with van der Waals surface area (Å²) in [4.78, 5) is 19.4. The number of benzene rings is 11. The van der Waals surface area contributed by atoms with Crippen molar-refractivity contribution < 1.29 is 0 Å². The number of hydrogen-bond acceptors (Lipinski definition) is 3. The molecule has 1 aliphatic carbocycles. The Bertz CT molecular complexity index is 4020. The summed E-state index contributed by atoms with van der Waals surface area (Å²) in [6.07, 6.45) is 0. The van der Waals surface area contributed by atoms with Crippen molar-refractivity contribution in [1.82, 2.24) is 15.0 Å². The summed E-state index contributed by atoms with van der Waals surface area (Å²) in [6, 6.07) is 81.1. The van der Waals surface area contributed by atoms with Crippen molar-refractivity contribution >= 4 is 38.0 Å². The van der Waals surface area contributed by atoms with Gasteiger partial charge in [-0.2, -0.15) is 0 Å². The molecule has 0 unspecified atom stereocenters. The summed E-state index contributed by atoms with van der Waals surface area (Å²) in [7, 11) is 0. The number of hydrogen-bond donors (Lipinski definition) is 0. The van der Waals surface area contributed by atoms with E-state index in [1.165, 1.54) is 54.7 Å². The second-order valence-corrected chi connectivity index (χ2v) is 17.4. The highest BCUT2D eigenvalue weighted by molar-refractivity contribution is 6.18. The van der Waals surface area contributed by atoms with Crippen molar-refractivity contribution in [3.05, 3.63) is 242 Å². The Morgan fingerprint density at radius 2 is 0.735 bits per heavy atom. The average molecular weight is 863 g/mol. The van der Waals surface area contributed by atoms with Gasteiger partial charge in [0.15, 0.2) is 23.2 Å². The fraction of sp³-hybridized carbons (Fsp3) is 0. The van der Waals surface area contributed by atoms with E-state index in [-0.39, 0.29) is 0 Å². The van der Waals surface area contributed by atoms with Crippen LogP contribution in [-0.4, -0.2) is 15.0 Å². The minimum absolute atomic E-state index is 0.594. The molecule has 4 nitrogen and oxygen atoms in total. The van der Waals surface area contributed by atoms with Gasteiger partial charge in [0.2, 0.25) is 0 Å². The van der Waals surface area contributed by atoms with Gasteiger partial charge in [0.25, 0.3) is 0 Å². The first-order valence-electron chi connectivity index (χ1n) is 22.9. The van der Waals surface area contributed by atoms with Crippen LogP contribution in [0.2, 0.25) is 0 Å². The molecule has 0 spiro atoms. The molecule has 0 fully saturated rings. The standard InChI is InChI=1S/C64H38N4/c1-65-50-38-48(37-49(39-50)45-20-10-21-46(35-45)52-26-12-27-53-51-23-6-5-14-40(51)30-31-56(52)53)44-19-9-17-42(34-44)43-18-11-22-47(36-43)63-66-62(41-15-3-2-4-16-41)67-64(68-63)60-33-32-59-55-25-8-7-24-54(55)57-28-13-29-58(60)61(57)59/h2-39H. The number of fused-ring (bicyclic) bond motifs is 6. The Morgan fingerprint density at radius 1 is 0.265 bits per heavy atom. The minimum atomic E-state index is 0.594. The first-order valence-corrected chi connectivity index (χ1v) is 22.9. The van der Waals surface area contributed by atoms with Gasteiger partial charge in [-0.05, 0) is 142 Å². The normalized spacial score (nSPS) is 11.5. The van der Waals surface area contributed by atoms with Gasteiger partial charge in [0.05, 0.1) is 6.57 Å². The SMILES string of the molecule is [C-]#[N+]c1cc(-c2cccc(-c3cccc(-c4nc(-c5ccccc5)nc(-c5ccc6c7c(cccc57)-c5ccccc5-6)n4)c3)c2)cc(-c2cccc(-c3cccc4c3ccc3ccccc34)c2)c1. The van der Waals surface area contributed by atoms with E-state index in [4.69, 9.17) is 21.5 Å².